The van der Waals surface area contributed by atoms with Crippen molar-refractivity contribution in [2.45, 2.75) is 70.6 Å². The minimum absolute atomic E-state index is 0.0441. The molecule has 0 saturated heterocycles. The van der Waals surface area contributed by atoms with Crippen molar-refractivity contribution in [1.82, 2.24) is 0 Å². The van der Waals surface area contributed by atoms with Crippen molar-refractivity contribution in [1.29, 1.82) is 0 Å². The highest BCUT2D eigenvalue weighted by molar-refractivity contribution is 5.33. The molecule has 24 heavy (non-hydrogen) atoms. The van der Waals surface area contributed by atoms with E-state index in [4.69, 9.17) is 4.74 Å². The normalized spacial score (nSPS) is 23.2. The lowest BCUT2D eigenvalue weighted by atomic mass is 9.74. The highest BCUT2D eigenvalue weighted by Crippen LogP contribution is 2.48. The van der Waals surface area contributed by atoms with Crippen molar-refractivity contribution >= 4 is 0 Å². The summed E-state index contributed by atoms with van der Waals surface area (Å²) in [7, 11) is 0. The van der Waals surface area contributed by atoms with Gasteiger partial charge in [0.25, 0.3) is 5.92 Å². The van der Waals surface area contributed by atoms with E-state index in [1.165, 1.54) is 12.1 Å². The van der Waals surface area contributed by atoms with Crippen molar-refractivity contribution in [2.24, 2.45) is 5.92 Å². The largest absolute Gasteiger partial charge is 0.491 e. The first-order valence-corrected chi connectivity index (χ1v) is 8.89. The van der Waals surface area contributed by atoms with Gasteiger partial charge >= 0.3 is 0 Å². The van der Waals surface area contributed by atoms with E-state index in [9.17, 15) is 17.6 Å². The monoisotopic (exact) mass is 346 g/mol. The molecule has 0 spiro atoms. The Balaban J connectivity index is 2.11. The van der Waals surface area contributed by atoms with Crippen molar-refractivity contribution < 1.29 is 22.3 Å². The van der Waals surface area contributed by atoms with Crippen LogP contribution < -0.4 is 4.74 Å². The molecule has 2 rings (SSSR count). The smallest absolute Gasteiger partial charge is 0.251 e. The third kappa shape index (κ3) is 4.22. The molecular weight excluding hydrogens is 320 g/mol. The van der Waals surface area contributed by atoms with E-state index in [1.54, 1.807) is 6.92 Å². The third-order valence-corrected chi connectivity index (χ3v) is 4.95. The number of halogens is 4. The number of unbranched alkanes of at least 4 members (excludes halogenated alkanes) is 2. The van der Waals surface area contributed by atoms with Gasteiger partial charge in [-0.2, -0.15) is 4.39 Å². The molecule has 5 heteroatoms. The second-order valence-corrected chi connectivity index (χ2v) is 6.65. The average Bonchev–Trinajstić information content (AvgIpc) is 2.53. The summed E-state index contributed by atoms with van der Waals surface area (Å²) in [6.07, 6.45) is 3.67. The Morgan fingerprint density at radius 3 is 2.46 bits per heavy atom. The molecule has 0 bridgehead atoms. The summed E-state index contributed by atoms with van der Waals surface area (Å²) >= 11 is 0. The first-order valence-electron chi connectivity index (χ1n) is 8.89. The zero-order valence-electron chi connectivity index (χ0n) is 14.4. The van der Waals surface area contributed by atoms with Crippen LogP contribution in [-0.2, 0) is 0 Å². The van der Waals surface area contributed by atoms with Gasteiger partial charge in [-0.3, -0.25) is 0 Å². The number of benzene rings is 1. The predicted molar refractivity (Wildman–Crippen MR) is 86.7 cm³/mol. The molecule has 0 heterocycles. The van der Waals surface area contributed by atoms with Crippen LogP contribution in [0.1, 0.15) is 70.3 Å². The molecule has 2 atom stereocenters. The highest BCUT2D eigenvalue weighted by atomic mass is 19.3. The summed E-state index contributed by atoms with van der Waals surface area (Å²) in [6, 6.07) is 2.73. The van der Waals surface area contributed by atoms with Crippen LogP contribution in [0.2, 0.25) is 0 Å². The van der Waals surface area contributed by atoms with Gasteiger partial charge < -0.3 is 4.74 Å². The molecule has 1 aromatic rings. The van der Waals surface area contributed by atoms with Crippen LogP contribution in [0, 0.1) is 17.6 Å². The molecule has 2 unspecified atom stereocenters. The van der Waals surface area contributed by atoms with Crippen LogP contribution in [0.15, 0.2) is 12.1 Å². The second-order valence-electron chi connectivity index (χ2n) is 6.65. The Labute approximate surface area is 141 Å². The fraction of sp³-hybridized carbons (Fsp3) is 0.684. The van der Waals surface area contributed by atoms with E-state index in [2.05, 4.69) is 0 Å². The summed E-state index contributed by atoms with van der Waals surface area (Å²) < 4.78 is 62.1. The number of hydrogen-bond acceptors (Lipinski definition) is 1. The molecule has 0 amide bonds. The Bertz CT molecular complexity index is 544. The van der Waals surface area contributed by atoms with Crippen molar-refractivity contribution in [3.63, 3.8) is 0 Å². The van der Waals surface area contributed by atoms with Gasteiger partial charge in [0.1, 0.15) is 0 Å². The van der Waals surface area contributed by atoms with Crippen LogP contribution in [-0.4, -0.2) is 12.5 Å². The number of ether oxygens (including phenoxy) is 1. The van der Waals surface area contributed by atoms with Crippen molar-refractivity contribution in [3.8, 4) is 5.75 Å². The van der Waals surface area contributed by atoms with E-state index < -0.39 is 35.8 Å². The fourth-order valence-electron chi connectivity index (χ4n) is 3.60. The van der Waals surface area contributed by atoms with Gasteiger partial charge in [-0.05, 0) is 43.7 Å². The SMILES string of the molecule is CCCCCC1CCC(c2ccc(OCC)c(F)c2F)CC1(F)F. The molecule has 136 valence electrons. The lowest BCUT2D eigenvalue weighted by molar-refractivity contribution is -0.0952. The lowest BCUT2D eigenvalue weighted by Crippen LogP contribution is -2.35. The third-order valence-electron chi connectivity index (χ3n) is 4.95. The number of alkyl halides is 2. The van der Waals surface area contributed by atoms with Gasteiger partial charge in [0, 0.05) is 12.3 Å². The van der Waals surface area contributed by atoms with Gasteiger partial charge in [-0.1, -0.05) is 32.3 Å². The highest BCUT2D eigenvalue weighted by Gasteiger charge is 2.45. The van der Waals surface area contributed by atoms with Gasteiger partial charge in [0.2, 0.25) is 5.82 Å². The Hall–Kier alpha value is -1.26. The van der Waals surface area contributed by atoms with Gasteiger partial charge in [0.05, 0.1) is 6.61 Å². The van der Waals surface area contributed by atoms with Crippen LogP contribution >= 0.6 is 0 Å². The lowest BCUT2D eigenvalue weighted by Gasteiger charge is -2.36. The Kier molecular flexibility index (Phi) is 6.53. The molecule has 1 nitrogen and oxygen atoms in total. The summed E-state index contributed by atoms with van der Waals surface area (Å²) in [5.41, 5.74) is 0.0441. The molecule has 1 saturated carbocycles. The summed E-state index contributed by atoms with van der Waals surface area (Å²) in [5, 5.41) is 0. The molecule has 0 aromatic heterocycles. The van der Waals surface area contributed by atoms with E-state index in [-0.39, 0.29) is 17.9 Å². The number of rotatable bonds is 7. The minimum Gasteiger partial charge on any atom is -0.491 e. The number of hydrogen-bond donors (Lipinski definition) is 0. The van der Waals surface area contributed by atoms with Crippen LogP contribution in [0.3, 0.4) is 0 Å². The maximum absolute atomic E-state index is 14.4. The topological polar surface area (TPSA) is 9.23 Å². The van der Waals surface area contributed by atoms with E-state index in [0.29, 0.717) is 19.3 Å². The van der Waals surface area contributed by atoms with Crippen LogP contribution in [0.4, 0.5) is 17.6 Å². The van der Waals surface area contributed by atoms with Crippen LogP contribution in [0.25, 0.3) is 0 Å². The average molecular weight is 346 g/mol. The van der Waals surface area contributed by atoms with Gasteiger partial charge in [0.15, 0.2) is 11.6 Å². The fourth-order valence-corrected chi connectivity index (χ4v) is 3.60. The van der Waals surface area contributed by atoms with Crippen molar-refractivity contribution in [2.75, 3.05) is 6.61 Å². The zero-order chi connectivity index (χ0) is 17.7. The summed E-state index contributed by atoms with van der Waals surface area (Å²) in [6.45, 7) is 3.93. The summed E-state index contributed by atoms with van der Waals surface area (Å²) in [5.74, 6) is -6.41. The molecule has 1 aliphatic carbocycles. The molecule has 0 aliphatic heterocycles. The Morgan fingerprint density at radius 2 is 1.83 bits per heavy atom. The van der Waals surface area contributed by atoms with E-state index in [1.807, 2.05) is 6.92 Å². The minimum atomic E-state index is -2.82. The van der Waals surface area contributed by atoms with E-state index >= 15 is 0 Å². The molecule has 0 radical (unpaired) electrons. The van der Waals surface area contributed by atoms with E-state index in [0.717, 1.165) is 19.3 Å². The molecule has 1 aromatic carbocycles. The zero-order valence-corrected chi connectivity index (χ0v) is 14.4. The summed E-state index contributed by atoms with van der Waals surface area (Å²) in [4.78, 5) is 0. The quantitative estimate of drug-likeness (QED) is 0.406. The molecule has 1 aliphatic rings. The first kappa shape index (κ1) is 19.1. The maximum Gasteiger partial charge on any atom is 0.251 e. The maximum atomic E-state index is 14.4. The molecule has 1 fully saturated rings. The first-order chi connectivity index (χ1) is 11.4. The standard InChI is InChI=1S/C19H26F4O/c1-3-5-6-7-14-9-8-13(12-19(14,22)23)15-10-11-16(24-4-2)18(21)17(15)20/h10-11,13-14H,3-9,12H2,1-2H3. The molecular formula is C19H26F4O. The van der Waals surface area contributed by atoms with Gasteiger partial charge in [-0.25, -0.2) is 13.2 Å². The van der Waals surface area contributed by atoms with Gasteiger partial charge in [-0.15, -0.1) is 0 Å². The van der Waals surface area contributed by atoms with Crippen molar-refractivity contribution in [3.05, 3.63) is 29.3 Å². The second kappa shape index (κ2) is 8.21. The molecule has 0 N–H and O–H groups in total. The van der Waals surface area contributed by atoms with Crippen LogP contribution in [0.5, 0.6) is 5.75 Å². The Morgan fingerprint density at radius 1 is 1.08 bits per heavy atom. The predicted octanol–water partition coefficient (Wildman–Crippen LogP) is 6.46.